The Balaban J connectivity index is 2.48. The van der Waals surface area contributed by atoms with Gasteiger partial charge in [-0.1, -0.05) is 38.1 Å². The molecule has 0 bridgehead atoms. The van der Waals surface area contributed by atoms with Gasteiger partial charge in [0.1, 0.15) is 5.75 Å². The van der Waals surface area contributed by atoms with Gasteiger partial charge in [0.15, 0.2) is 0 Å². The van der Waals surface area contributed by atoms with E-state index in [1.165, 1.54) is 28.7 Å². The van der Waals surface area contributed by atoms with Crippen LogP contribution in [0, 0.1) is 13.8 Å². The Hall–Kier alpha value is -1.76. The molecule has 2 aromatic carbocycles. The first-order valence-electron chi connectivity index (χ1n) is 6.93. The fourth-order valence-corrected chi connectivity index (χ4v) is 2.78. The van der Waals surface area contributed by atoms with E-state index in [4.69, 9.17) is 0 Å². The van der Waals surface area contributed by atoms with Crippen molar-refractivity contribution >= 4 is 0 Å². The maximum atomic E-state index is 9.36. The molecule has 0 fully saturated rings. The van der Waals surface area contributed by atoms with Crippen LogP contribution in [-0.4, -0.2) is 5.11 Å². The lowest BCUT2D eigenvalue weighted by Gasteiger charge is -2.18. The molecule has 0 amide bonds. The van der Waals surface area contributed by atoms with E-state index in [2.05, 4.69) is 39.8 Å². The Morgan fingerprint density at radius 2 is 1.47 bits per heavy atom. The van der Waals surface area contributed by atoms with Crippen LogP contribution >= 0.6 is 0 Å². The SMILES string of the molecule is CCC(C)c1c(C)cc(-c2ccc(O)cc2)cc1C. The lowest BCUT2D eigenvalue weighted by Crippen LogP contribution is -1.99. The molecule has 0 heterocycles. The van der Waals surface area contributed by atoms with Crippen molar-refractivity contribution in [1.82, 2.24) is 0 Å². The number of aromatic hydroxyl groups is 1. The maximum Gasteiger partial charge on any atom is 0.115 e. The van der Waals surface area contributed by atoms with E-state index in [0.717, 1.165) is 5.56 Å². The van der Waals surface area contributed by atoms with Crippen LogP contribution in [0.2, 0.25) is 0 Å². The van der Waals surface area contributed by atoms with Crippen molar-refractivity contribution in [2.45, 2.75) is 40.0 Å². The molecule has 1 N–H and O–H groups in total. The highest BCUT2D eigenvalue weighted by Crippen LogP contribution is 2.31. The van der Waals surface area contributed by atoms with Crippen LogP contribution < -0.4 is 0 Å². The van der Waals surface area contributed by atoms with Gasteiger partial charge in [-0.15, -0.1) is 0 Å². The predicted octanol–water partition coefficient (Wildman–Crippen LogP) is 5.19. The zero-order valence-electron chi connectivity index (χ0n) is 12.2. The Morgan fingerprint density at radius 3 is 1.95 bits per heavy atom. The van der Waals surface area contributed by atoms with Crippen LogP contribution in [0.3, 0.4) is 0 Å². The molecule has 19 heavy (non-hydrogen) atoms. The van der Waals surface area contributed by atoms with Crippen molar-refractivity contribution < 1.29 is 5.11 Å². The van der Waals surface area contributed by atoms with Crippen LogP contribution in [-0.2, 0) is 0 Å². The summed E-state index contributed by atoms with van der Waals surface area (Å²) in [6.07, 6.45) is 1.17. The summed E-state index contributed by atoms with van der Waals surface area (Å²) < 4.78 is 0. The zero-order valence-corrected chi connectivity index (χ0v) is 12.2. The third-order valence-corrected chi connectivity index (χ3v) is 3.90. The van der Waals surface area contributed by atoms with Crippen molar-refractivity contribution in [2.75, 3.05) is 0 Å². The van der Waals surface area contributed by atoms with Crippen LogP contribution in [0.25, 0.3) is 11.1 Å². The average molecular weight is 254 g/mol. The largest absolute Gasteiger partial charge is 0.508 e. The van der Waals surface area contributed by atoms with E-state index in [1.807, 2.05) is 12.1 Å². The molecule has 2 aromatic rings. The van der Waals surface area contributed by atoms with Crippen molar-refractivity contribution in [3.8, 4) is 16.9 Å². The van der Waals surface area contributed by atoms with Crippen molar-refractivity contribution in [3.05, 3.63) is 53.1 Å². The number of phenols is 1. The van der Waals surface area contributed by atoms with E-state index in [0.29, 0.717) is 11.7 Å². The van der Waals surface area contributed by atoms with Gasteiger partial charge in [0.2, 0.25) is 0 Å². The van der Waals surface area contributed by atoms with E-state index >= 15 is 0 Å². The lowest BCUT2D eigenvalue weighted by molar-refractivity contribution is 0.475. The highest BCUT2D eigenvalue weighted by Gasteiger charge is 2.11. The molecule has 1 atom stereocenters. The van der Waals surface area contributed by atoms with Gasteiger partial charge in [-0.3, -0.25) is 0 Å². The normalized spacial score (nSPS) is 12.4. The van der Waals surface area contributed by atoms with Crippen molar-refractivity contribution in [2.24, 2.45) is 0 Å². The fourth-order valence-electron chi connectivity index (χ4n) is 2.78. The molecule has 0 saturated heterocycles. The number of rotatable bonds is 3. The standard InChI is InChI=1S/C18H22O/c1-5-12(2)18-13(3)10-16(11-14(18)4)15-6-8-17(19)9-7-15/h6-12,19H,5H2,1-4H3. The molecule has 2 rings (SSSR count). The van der Waals surface area contributed by atoms with Gasteiger partial charge in [-0.05, 0) is 66.1 Å². The minimum absolute atomic E-state index is 0.313. The quantitative estimate of drug-likeness (QED) is 0.799. The first-order valence-corrected chi connectivity index (χ1v) is 6.93. The molecule has 0 aliphatic rings. The average Bonchev–Trinajstić information content (AvgIpc) is 2.38. The molecule has 1 unspecified atom stereocenters. The van der Waals surface area contributed by atoms with Gasteiger partial charge >= 0.3 is 0 Å². The smallest absolute Gasteiger partial charge is 0.115 e. The number of benzene rings is 2. The molecular weight excluding hydrogens is 232 g/mol. The number of aryl methyl sites for hydroxylation is 2. The predicted molar refractivity (Wildman–Crippen MR) is 81.7 cm³/mol. The molecule has 0 radical (unpaired) electrons. The summed E-state index contributed by atoms with van der Waals surface area (Å²) in [7, 11) is 0. The minimum atomic E-state index is 0.313. The summed E-state index contributed by atoms with van der Waals surface area (Å²) in [5.41, 5.74) is 6.57. The second-order valence-electron chi connectivity index (χ2n) is 5.38. The number of phenolic OH excluding ortho intramolecular Hbond substituents is 1. The summed E-state index contributed by atoms with van der Waals surface area (Å²) in [4.78, 5) is 0. The van der Waals surface area contributed by atoms with Crippen molar-refractivity contribution in [3.63, 3.8) is 0 Å². The highest BCUT2D eigenvalue weighted by atomic mass is 16.3. The van der Waals surface area contributed by atoms with Gasteiger partial charge in [0.25, 0.3) is 0 Å². The Morgan fingerprint density at radius 1 is 0.947 bits per heavy atom. The molecule has 0 aliphatic carbocycles. The summed E-state index contributed by atoms with van der Waals surface area (Å²) in [5.74, 6) is 0.919. The second kappa shape index (κ2) is 5.48. The second-order valence-corrected chi connectivity index (χ2v) is 5.38. The van der Waals surface area contributed by atoms with Crippen molar-refractivity contribution in [1.29, 1.82) is 0 Å². The summed E-state index contributed by atoms with van der Waals surface area (Å²) in [6, 6.07) is 11.9. The van der Waals surface area contributed by atoms with E-state index in [9.17, 15) is 5.11 Å². The molecule has 0 aromatic heterocycles. The number of hydrogen-bond acceptors (Lipinski definition) is 1. The van der Waals surface area contributed by atoms with Gasteiger partial charge < -0.3 is 5.11 Å². The highest BCUT2D eigenvalue weighted by molar-refractivity contribution is 5.67. The number of hydrogen-bond donors (Lipinski definition) is 1. The summed E-state index contributed by atoms with van der Waals surface area (Å²) >= 11 is 0. The fraction of sp³-hybridized carbons (Fsp3) is 0.333. The summed E-state index contributed by atoms with van der Waals surface area (Å²) in [5, 5.41) is 9.36. The van der Waals surface area contributed by atoms with E-state index in [1.54, 1.807) is 12.1 Å². The van der Waals surface area contributed by atoms with Crippen LogP contribution in [0.4, 0.5) is 0 Å². The molecule has 100 valence electrons. The third kappa shape index (κ3) is 2.81. The van der Waals surface area contributed by atoms with Crippen LogP contribution in [0.1, 0.15) is 42.9 Å². The summed E-state index contributed by atoms with van der Waals surface area (Å²) in [6.45, 7) is 8.91. The van der Waals surface area contributed by atoms with Gasteiger partial charge in [0, 0.05) is 0 Å². The van der Waals surface area contributed by atoms with Gasteiger partial charge in [-0.25, -0.2) is 0 Å². The maximum absolute atomic E-state index is 9.36. The first-order chi connectivity index (χ1) is 9.02. The lowest BCUT2D eigenvalue weighted by atomic mass is 9.87. The monoisotopic (exact) mass is 254 g/mol. The molecular formula is C18H22O. The topological polar surface area (TPSA) is 20.2 Å². The molecule has 1 heteroatoms. The third-order valence-electron chi connectivity index (χ3n) is 3.90. The molecule has 1 nitrogen and oxygen atoms in total. The zero-order chi connectivity index (χ0) is 14.0. The molecule has 0 saturated carbocycles. The van der Waals surface area contributed by atoms with Crippen LogP contribution in [0.15, 0.2) is 36.4 Å². The Labute approximate surface area is 115 Å². The Bertz CT molecular complexity index is 544. The van der Waals surface area contributed by atoms with E-state index < -0.39 is 0 Å². The first kappa shape index (κ1) is 13.7. The molecule has 0 aliphatic heterocycles. The van der Waals surface area contributed by atoms with Gasteiger partial charge in [-0.2, -0.15) is 0 Å². The van der Waals surface area contributed by atoms with Gasteiger partial charge in [0.05, 0.1) is 0 Å². The van der Waals surface area contributed by atoms with E-state index in [-0.39, 0.29) is 0 Å². The minimum Gasteiger partial charge on any atom is -0.508 e. The molecule has 0 spiro atoms. The Kier molecular flexibility index (Phi) is 3.94. The van der Waals surface area contributed by atoms with Crippen LogP contribution in [0.5, 0.6) is 5.75 Å².